The van der Waals surface area contributed by atoms with E-state index in [1.54, 1.807) is 18.2 Å². The number of nitrogens with zero attached hydrogens (tertiary/aromatic N) is 2. The molecule has 0 aliphatic heterocycles. The smallest absolute Gasteiger partial charge is 0.275 e. The number of halogens is 3. The summed E-state index contributed by atoms with van der Waals surface area (Å²) in [5, 5.41) is 5.39. The van der Waals surface area contributed by atoms with E-state index in [0.717, 1.165) is 12.1 Å². The van der Waals surface area contributed by atoms with E-state index in [1.165, 1.54) is 24.5 Å². The number of carbonyl (C=O) groups is 1. The Morgan fingerprint density at radius 1 is 0.926 bits per heavy atom. The highest BCUT2D eigenvalue weighted by Crippen LogP contribution is 2.14. The lowest BCUT2D eigenvalue weighted by atomic mass is 10.1. The van der Waals surface area contributed by atoms with Gasteiger partial charge in [-0.25, -0.2) is 23.1 Å². The maximum absolute atomic E-state index is 13.5. The molecular formula is C19H15F3N4O. The summed E-state index contributed by atoms with van der Waals surface area (Å²) in [6.07, 6.45) is 3.08. The largest absolute Gasteiger partial charge is 0.368 e. The van der Waals surface area contributed by atoms with Gasteiger partial charge >= 0.3 is 0 Å². The molecule has 0 aliphatic carbocycles. The molecule has 2 aromatic carbocycles. The second-order valence-corrected chi connectivity index (χ2v) is 5.64. The molecule has 1 amide bonds. The van der Waals surface area contributed by atoms with Crippen LogP contribution in [0.1, 0.15) is 16.1 Å². The maximum atomic E-state index is 13.5. The molecule has 0 aliphatic rings. The molecule has 0 atom stereocenters. The summed E-state index contributed by atoms with van der Waals surface area (Å²) < 4.78 is 39.6. The standard InChI is InChI=1S/C19H15F3N4O/c20-14-4-2-1-3-12(14)7-8-23-18-11-24-17(10-25-18)19(27)26-13-5-6-15(21)16(22)9-13/h1-6,9-11H,7-8H2,(H,23,25)(H,26,27). The quantitative estimate of drug-likeness (QED) is 0.691. The number of rotatable bonds is 6. The summed E-state index contributed by atoms with van der Waals surface area (Å²) in [7, 11) is 0. The Balaban J connectivity index is 1.55. The number of anilines is 2. The van der Waals surface area contributed by atoms with Crippen LogP contribution in [0.15, 0.2) is 54.9 Å². The Bertz CT molecular complexity index is 948. The van der Waals surface area contributed by atoms with Crippen LogP contribution in [0.3, 0.4) is 0 Å². The zero-order valence-electron chi connectivity index (χ0n) is 14.0. The third-order valence-electron chi connectivity index (χ3n) is 3.72. The fraction of sp³-hybridized carbons (Fsp3) is 0.105. The van der Waals surface area contributed by atoms with Crippen molar-refractivity contribution in [1.82, 2.24) is 9.97 Å². The van der Waals surface area contributed by atoms with Gasteiger partial charge in [0.2, 0.25) is 0 Å². The zero-order valence-corrected chi connectivity index (χ0v) is 14.0. The van der Waals surface area contributed by atoms with Gasteiger partial charge in [0.25, 0.3) is 5.91 Å². The third kappa shape index (κ3) is 4.81. The lowest BCUT2D eigenvalue weighted by Crippen LogP contribution is -2.15. The number of aromatic nitrogens is 2. The molecule has 27 heavy (non-hydrogen) atoms. The molecule has 3 aromatic rings. The molecule has 0 saturated carbocycles. The second-order valence-electron chi connectivity index (χ2n) is 5.64. The van der Waals surface area contributed by atoms with Crippen molar-refractivity contribution in [2.75, 3.05) is 17.2 Å². The van der Waals surface area contributed by atoms with Crippen molar-refractivity contribution in [3.8, 4) is 0 Å². The van der Waals surface area contributed by atoms with E-state index in [4.69, 9.17) is 0 Å². The lowest BCUT2D eigenvalue weighted by molar-refractivity contribution is 0.102. The van der Waals surface area contributed by atoms with Crippen LogP contribution < -0.4 is 10.6 Å². The Morgan fingerprint density at radius 3 is 2.44 bits per heavy atom. The van der Waals surface area contributed by atoms with Crippen molar-refractivity contribution in [2.24, 2.45) is 0 Å². The molecule has 0 saturated heterocycles. The Labute approximate surface area is 153 Å². The fourth-order valence-corrected chi connectivity index (χ4v) is 2.33. The minimum atomic E-state index is -1.06. The SMILES string of the molecule is O=C(Nc1ccc(F)c(F)c1)c1cnc(NCCc2ccccc2F)cn1. The molecule has 0 bridgehead atoms. The van der Waals surface area contributed by atoms with Crippen molar-refractivity contribution in [1.29, 1.82) is 0 Å². The predicted octanol–water partition coefficient (Wildman–Crippen LogP) is 3.80. The molecule has 3 rings (SSSR count). The predicted molar refractivity (Wildman–Crippen MR) is 94.9 cm³/mol. The fourth-order valence-electron chi connectivity index (χ4n) is 2.33. The van der Waals surface area contributed by atoms with Gasteiger partial charge in [0.05, 0.1) is 12.4 Å². The monoisotopic (exact) mass is 372 g/mol. The first-order valence-electron chi connectivity index (χ1n) is 8.08. The Kier molecular flexibility index (Phi) is 5.65. The normalized spacial score (nSPS) is 10.5. The Morgan fingerprint density at radius 2 is 1.74 bits per heavy atom. The van der Waals surface area contributed by atoms with Gasteiger partial charge in [-0.1, -0.05) is 18.2 Å². The number of amides is 1. The summed E-state index contributed by atoms with van der Waals surface area (Å²) in [6, 6.07) is 9.52. The van der Waals surface area contributed by atoms with Crippen molar-refractivity contribution in [2.45, 2.75) is 6.42 Å². The maximum Gasteiger partial charge on any atom is 0.275 e. The molecule has 0 spiro atoms. The zero-order chi connectivity index (χ0) is 19.2. The molecule has 2 N–H and O–H groups in total. The summed E-state index contributed by atoms with van der Waals surface area (Å²) in [4.78, 5) is 20.1. The third-order valence-corrected chi connectivity index (χ3v) is 3.72. The number of hydrogen-bond acceptors (Lipinski definition) is 4. The van der Waals surface area contributed by atoms with Gasteiger partial charge in [-0.15, -0.1) is 0 Å². The van der Waals surface area contributed by atoms with E-state index in [2.05, 4.69) is 20.6 Å². The van der Waals surface area contributed by atoms with E-state index in [0.29, 0.717) is 24.3 Å². The average Bonchev–Trinajstić information content (AvgIpc) is 2.67. The molecule has 5 nitrogen and oxygen atoms in total. The number of carbonyl (C=O) groups excluding carboxylic acids is 1. The van der Waals surface area contributed by atoms with E-state index >= 15 is 0 Å². The van der Waals surface area contributed by atoms with Crippen LogP contribution in [0.25, 0.3) is 0 Å². The topological polar surface area (TPSA) is 66.9 Å². The number of nitrogens with one attached hydrogen (secondary N) is 2. The highest BCUT2D eigenvalue weighted by atomic mass is 19.2. The minimum absolute atomic E-state index is 0.0133. The van der Waals surface area contributed by atoms with Gasteiger partial charge in [-0.05, 0) is 30.2 Å². The first kappa shape index (κ1) is 18.4. The molecule has 8 heteroatoms. The van der Waals surface area contributed by atoms with E-state index < -0.39 is 17.5 Å². The van der Waals surface area contributed by atoms with E-state index in [-0.39, 0.29) is 17.2 Å². The van der Waals surface area contributed by atoms with Crippen LogP contribution in [-0.4, -0.2) is 22.4 Å². The summed E-state index contributed by atoms with van der Waals surface area (Å²) in [5.41, 5.74) is 0.702. The van der Waals surface area contributed by atoms with Crippen LogP contribution in [0.2, 0.25) is 0 Å². The summed E-state index contributed by atoms with van der Waals surface area (Å²) >= 11 is 0. The number of hydrogen-bond donors (Lipinski definition) is 2. The number of benzene rings is 2. The van der Waals surface area contributed by atoms with Gasteiger partial charge in [0, 0.05) is 18.3 Å². The molecule has 0 unspecified atom stereocenters. The van der Waals surface area contributed by atoms with E-state index in [9.17, 15) is 18.0 Å². The first-order chi connectivity index (χ1) is 13.0. The van der Waals surface area contributed by atoms with Crippen molar-refractivity contribution >= 4 is 17.4 Å². The molecule has 0 radical (unpaired) electrons. The lowest BCUT2D eigenvalue weighted by Gasteiger charge is -2.08. The minimum Gasteiger partial charge on any atom is -0.368 e. The van der Waals surface area contributed by atoms with Crippen LogP contribution in [0.5, 0.6) is 0 Å². The molecule has 138 valence electrons. The van der Waals surface area contributed by atoms with Crippen molar-refractivity contribution in [3.05, 3.63) is 83.6 Å². The van der Waals surface area contributed by atoms with Gasteiger partial charge in [0.1, 0.15) is 17.3 Å². The van der Waals surface area contributed by atoms with Crippen molar-refractivity contribution in [3.63, 3.8) is 0 Å². The van der Waals surface area contributed by atoms with Crippen LogP contribution in [0, 0.1) is 17.5 Å². The van der Waals surface area contributed by atoms with E-state index in [1.807, 2.05) is 0 Å². The molecule has 1 heterocycles. The van der Waals surface area contributed by atoms with Crippen LogP contribution in [0.4, 0.5) is 24.7 Å². The first-order valence-corrected chi connectivity index (χ1v) is 8.08. The van der Waals surface area contributed by atoms with Gasteiger partial charge in [-0.3, -0.25) is 4.79 Å². The highest BCUT2D eigenvalue weighted by Gasteiger charge is 2.10. The molecular weight excluding hydrogens is 357 g/mol. The van der Waals surface area contributed by atoms with Gasteiger partial charge in [-0.2, -0.15) is 0 Å². The molecule has 1 aromatic heterocycles. The average molecular weight is 372 g/mol. The van der Waals surface area contributed by atoms with Gasteiger partial charge in [0.15, 0.2) is 11.6 Å². The van der Waals surface area contributed by atoms with Crippen LogP contribution >= 0.6 is 0 Å². The summed E-state index contributed by atoms with van der Waals surface area (Å²) in [6.45, 7) is 0.440. The highest BCUT2D eigenvalue weighted by molar-refractivity contribution is 6.02. The van der Waals surface area contributed by atoms with Gasteiger partial charge < -0.3 is 10.6 Å². The van der Waals surface area contributed by atoms with Crippen LogP contribution in [-0.2, 0) is 6.42 Å². The second kappa shape index (κ2) is 8.31. The summed E-state index contributed by atoms with van der Waals surface area (Å²) in [5.74, 6) is -2.51. The molecule has 0 fully saturated rings. The van der Waals surface area contributed by atoms with Crippen molar-refractivity contribution < 1.29 is 18.0 Å². The Hall–Kier alpha value is -3.42.